The Labute approximate surface area is 96.1 Å². The number of benzene rings is 2. The van der Waals surface area contributed by atoms with Crippen molar-refractivity contribution in [3.8, 4) is 0 Å². The molecule has 0 saturated carbocycles. The summed E-state index contributed by atoms with van der Waals surface area (Å²) in [5, 5.41) is 9.89. The number of aliphatic hydroxyl groups excluding tert-OH is 1. The molecule has 0 saturated heterocycles. The van der Waals surface area contributed by atoms with Gasteiger partial charge < -0.3 is 5.11 Å². The lowest BCUT2D eigenvalue weighted by Crippen LogP contribution is -2.01. The van der Waals surface area contributed by atoms with Crippen molar-refractivity contribution in [3.63, 3.8) is 0 Å². The van der Waals surface area contributed by atoms with Gasteiger partial charge in [0.1, 0.15) is 11.9 Å². The molecule has 0 aliphatic carbocycles. The molecule has 1 N–H and O–H groups in total. The number of aliphatic hydroxyl groups is 1. The second kappa shape index (κ2) is 4.59. The maximum atomic E-state index is 13.0. The Morgan fingerprint density at radius 1 is 0.765 bits per heavy atom. The Morgan fingerprint density at radius 2 is 1.35 bits per heavy atom. The minimum atomic E-state index is -1.11. The van der Waals surface area contributed by atoms with Gasteiger partial charge in [0.2, 0.25) is 0 Å². The van der Waals surface area contributed by atoms with Crippen LogP contribution in [0.5, 0.6) is 0 Å². The number of hydrogen-bond acceptors (Lipinski definition) is 1. The molecule has 2 aromatic rings. The third-order valence-corrected chi connectivity index (χ3v) is 2.45. The van der Waals surface area contributed by atoms with Gasteiger partial charge in [-0.3, -0.25) is 0 Å². The van der Waals surface area contributed by atoms with Crippen LogP contribution in [0.3, 0.4) is 0 Å². The van der Waals surface area contributed by atoms with Gasteiger partial charge in [-0.05, 0) is 35.4 Å². The monoisotopic (exact) mass is 238 g/mol. The molecule has 0 aromatic heterocycles. The molecule has 17 heavy (non-hydrogen) atoms. The van der Waals surface area contributed by atoms with Crippen molar-refractivity contribution in [2.45, 2.75) is 6.10 Å². The van der Waals surface area contributed by atoms with Crippen LogP contribution in [0, 0.1) is 17.5 Å². The van der Waals surface area contributed by atoms with Crippen LogP contribution in [-0.4, -0.2) is 5.11 Å². The van der Waals surface area contributed by atoms with E-state index in [2.05, 4.69) is 0 Å². The van der Waals surface area contributed by atoms with Gasteiger partial charge in [0.25, 0.3) is 0 Å². The predicted molar refractivity (Wildman–Crippen MR) is 56.8 cm³/mol. The zero-order chi connectivity index (χ0) is 12.4. The smallest absolute Gasteiger partial charge is 0.159 e. The molecule has 0 fully saturated rings. The molecule has 88 valence electrons. The van der Waals surface area contributed by atoms with Crippen LogP contribution in [0.4, 0.5) is 13.2 Å². The second-order valence-corrected chi connectivity index (χ2v) is 3.63. The van der Waals surface area contributed by atoms with E-state index in [1.54, 1.807) is 0 Å². The minimum Gasteiger partial charge on any atom is -0.384 e. The summed E-state index contributed by atoms with van der Waals surface area (Å²) in [5.41, 5.74) is 0.632. The van der Waals surface area contributed by atoms with Crippen molar-refractivity contribution in [2.24, 2.45) is 0 Å². The molecule has 0 aliphatic rings. The normalized spacial score (nSPS) is 12.5. The lowest BCUT2D eigenvalue weighted by Gasteiger charge is -2.11. The van der Waals surface area contributed by atoms with Crippen LogP contribution >= 0.6 is 0 Å². The highest BCUT2D eigenvalue weighted by Gasteiger charge is 2.12. The first-order valence-electron chi connectivity index (χ1n) is 4.96. The molecule has 2 rings (SSSR count). The van der Waals surface area contributed by atoms with Crippen molar-refractivity contribution >= 4 is 0 Å². The Bertz CT molecular complexity index is 523. The fraction of sp³-hybridized carbons (Fsp3) is 0.0769. The summed E-state index contributed by atoms with van der Waals surface area (Å²) < 4.78 is 38.4. The molecule has 0 bridgehead atoms. The predicted octanol–water partition coefficient (Wildman–Crippen LogP) is 3.19. The van der Waals surface area contributed by atoms with Gasteiger partial charge in [-0.15, -0.1) is 0 Å². The summed E-state index contributed by atoms with van der Waals surface area (Å²) in [6.45, 7) is 0. The maximum absolute atomic E-state index is 13.0. The molecule has 0 amide bonds. The first-order chi connectivity index (χ1) is 8.08. The summed E-state index contributed by atoms with van der Waals surface area (Å²) >= 11 is 0. The van der Waals surface area contributed by atoms with Crippen LogP contribution in [0.25, 0.3) is 0 Å². The number of hydrogen-bond donors (Lipinski definition) is 1. The van der Waals surface area contributed by atoms with Gasteiger partial charge in [0.15, 0.2) is 11.6 Å². The average Bonchev–Trinajstić information content (AvgIpc) is 2.33. The molecule has 1 nitrogen and oxygen atoms in total. The quantitative estimate of drug-likeness (QED) is 0.851. The first kappa shape index (κ1) is 11.7. The van der Waals surface area contributed by atoms with E-state index in [1.165, 1.54) is 30.3 Å². The Morgan fingerprint density at radius 3 is 1.94 bits per heavy atom. The molecule has 2 aromatic carbocycles. The highest BCUT2D eigenvalue weighted by molar-refractivity contribution is 5.30. The van der Waals surface area contributed by atoms with E-state index in [0.29, 0.717) is 5.56 Å². The average molecular weight is 238 g/mol. The van der Waals surface area contributed by atoms with E-state index in [9.17, 15) is 18.3 Å². The third-order valence-electron chi connectivity index (χ3n) is 2.45. The van der Waals surface area contributed by atoms with Crippen LogP contribution in [0.15, 0.2) is 42.5 Å². The second-order valence-electron chi connectivity index (χ2n) is 3.63. The summed E-state index contributed by atoms with van der Waals surface area (Å²) in [4.78, 5) is 0. The van der Waals surface area contributed by atoms with E-state index in [1.807, 2.05) is 0 Å². The largest absolute Gasteiger partial charge is 0.384 e. The van der Waals surface area contributed by atoms with E-state index in [0.717, 1.165) is 12.1 Å². The summed E-state index contributed by atoms with van der Waals surface area (Å²) in [6.07, 6.45) is -1.11. The van der Waals surface area contributed by atoms with Gasteiger partial charge in [-0.2, -0.15) is 0 Å². The van der Waals surface area contributed by atoms with Gasteiger partial charge in [-0.25, -0.2) is 13.2 Å². The Balaban J connectivity index is 2.33. The van der Waals surface area contributed by atoms with Crippen molar-refractivity contribution in [3.05, 3.63) is 71.0 Å². The highest BCUT2D eigenvalue weighted by atomic mass is 19.2. The number of halogens is 3. The molecule has 4 heteroatoms. The molecule has 0 unspecified atom stereocenters. The standard InChI is InChI=1S/C13H9F3O/c14-10-4-1-8(2-5-10)13(17)9-3-6-11(15)12(16)7-9/h1-7,13,17H/t13-/m1/s1. The fourth-order valence-corrected chi connectivity index (χ4v) is 1.52. The lowest BCUT2D eigenvalue weighted by atomic mass is 10.0. The van der Waals surface area contributed by atoms with E-state index in [-0.39, 0.29) is 5.56 Å². The Hall–Kier alpha value is -1.81. The minimum absolute atomic E-state index is 0.218. The summed E-state index contributed by atoms with van der Waals surface area (Å²) in [5.74, 6) is -2.42. The molecule has 0 aliphatic heterocycles. The third kappa shape index (κ3) is 2.47. The van der Waals surface area contributed by atoms with Crippen LogP contribution in [0.2, 0.25) is 0 Å². The number of rotatable bonds is 2. The van der Waals surface area contributed by atoms with Crippen LogP contribution in [-0.2, 0) is 0 Å². The van der Waals surface area contributed by atoms with E-state index >= 15 is 0 Å². The van der Waals surface area contributed by atoms with Gasteiger partial charge in [0, 0.05) is 0 Å². The zero-order valence-corrected chi connectivity index (χ0v) is 8.70. The molecule has 0 heterocycles. The van der Waals surface area contributed by atoms with Crippen molar-refractivity contribution in [1.29, 1.82) is 0 Å². The zero-order valence-electron chi connectivity index (χ0n) is 8.70. The van der Waals surface area contributed by atoms with Crippen molar-refractivity contribution in [1.82, 2.24) is 0 Å². The maximum Gasteiger partial charge on any atom is 0.159 e. The van der Waals surface area contributed by atoms with Crippen LogP contribution in [0.1, 0.15) is 17.2 Å². The lowest BCUT2D eigenvalue weighted by molar-refractivity contribution is 0.219. The molecular formula is C13H9F3O. The Kier molecular flexibility index (Phi) is 3.15. The molecule has 0 spiro atoms. The summed E-state index contributed by atoms with van der Waals surface area (Å²) in [7, 11) is 0. The highest BCUT2D eigenvalue weighted by Crippen LogP contribution is 2.23. The topological polar surface area (TPSA) is 20.2 Å². The molecular weight excluding hydrogens is 229 g/mol. The van der Waals surface area contributed by atoms with Crippen molar-refractivity contribution < 1.29 is 18.3 Å². The van der Waals surface area contributed by atoms with Gasteiger partial charge >= 0.3 is 0 Å². The first-order valence-corrected chi connectivity index (χ1v) is 4.96. The fourth-order valence-electron chi connectivity index (χ4n) is 1.52. The van der Waals surface area contributed by atoms with Crippen LogP contribution < -0.4 is 0 Å². The summed E-state index contributed by atoms with van der Waals surface area (Å²) in [6, 6.07) is 8.31. The van der Waals surface area contributed by atoms with E-state index < -0.39 is 23.6 Å². The SMILES string of the molecule is O[C@H](c1ccc(F)cc1)c1ccc(F)c(F)c1. The van der Waals surface area contributed by atoms with Gasteiger partial charge in [0.05, 0.1) is 0 Å². The van der Waals surface area contributed by atoms with Gasteiger partial charge in [-0.1, -0.05) is 18.2 Å². The molecule has 1 atom stereocenters. The molecule has 0 radical (unpaired) electrons. The van der Waals surface area contributed by atoms with E-state index in [4.69, 9.17) is 0 Å². The van der Waals surface area contributed by atoms with Crippen molar-refractivity contribution in [2.75, 3.05) is 0 Å².